The summed E-state index contributed by atoms with van der Waals surface area (Å²) in [5.74, 6) is -0.512. The molecule has 0 heterocycles. The zero-order chi connectivity index (χ0) is 35.2. The molecule has 0 aliphatic heterocycles. The van der Waals surface area contributed by atoms with E-state index in [4.69, 9.17) is 0 Å². The lowest BCUT2D eigenvalue weighted by Gasteiger charge is -2.21. The molecule has 4 N–H and O–H groups in total. The van der Waals surface area contributed by atoms with E-state index in [2.05, 4.69) is 31.3 Å². The first-order valence-electron chi connectivity index (χ1n) is 21.2. The van der Waals surface area contributed by atoms with Crippen LogP contribution in [0.5, 0.6) is 0 Å². The second-order valence-corrected chi connectivity index (χ2v) is 14.6. The van der Waals surface area contributed by atoms with Gasteiger partial charge in [-0.15, -0.1) is 0 Å². The lowest BCUT2D eigenvalue weighted by Crippen LogP contribution is -2.48. The van der Waals surface area contributed by atoms with Gasteiger partial charge in [-0.05, 0) is 32.1 Å². The van der Waals surface area contributed by atoms with Crippen molar-refractivity contribution >= 4 is 5.91 Å². The van der Waals surface area contributed by atoms with Crippen LogP contribution in [0.3, 0.4) is 0 Å². The van der Waals surface area contributed by atoms with Gasteiger partial charge in [-0.25, -0.2) is 0 Å². The van der Waals surface area contributed by atoms with Crippen molar-refractivity contribution in [3.05, 3.63) is 24.3 Å². The van der Waals surface area contributed by atoms with E-state index in [1.54, 1.807) is 6.08 Å². The highest BCUT2D eigenvalue weighted by atomic mass is 16.3. The summed E-state index contributed by atoms with van der Waals surface area (Å²) in [7, 11) is 0. The van der Waals surface area contributed by atoms with E-state index in [-0.39, 0.29) is 6.61 Å². The number of aliphatic hydroxyl groups is 3. The molecular formula is C43H83NO4. The third-order valence-corrected chi connectivity index (χ3v) is 9.79. The molecule has 0 aromatic rings. The van der Waals surface area contributed by atoms with Crippen LogP contribution in [0.1, 0.15) is 219 Å². The molecule has 3 unspecified atom stereocenters. The van der Waals surface area contributed by atoms with Gasteiger partial charge >= 0.3 is 0 Å². The van der Waals surface area contributed by atoms with Crippen molar-refractivity contribution in [3.63, 3.8) is 0 Å². The number of allylic oxidation sites excluding steroid dienone is 3. The Labute approximate surface area is 299 Å². The lowest BCUT2D eigenvalue weighted by molar-refractivity contribution is -0.131. The molecule has 0 fully saturated rings. The molecule has 0 saturated carbocycles. The van der Waals surface area contributed by atoms with E-state index in [0.29, 0.717) is 6.42 Å². The maximum Gasteiger partial charge on any atom is 0.249 e. The fourth-order valence-corrected chi connectivity index (χ4v) is 6.44. The van der Waals surface area contributed by atoms with Crippen molar-refractivity contribution < 1.29 is 20.1 Å². The highest BCUT2D eigenvalue weighted by molar-refractivity contribution is 5.80. The molecule has 0 bridgehead atoms. The van der Waals surface area contributed by atoms with Crippen LogP contribution in [0.25, 0.3) is 0 Å². The van der Waals surface area contributed by atoms with Crippen molar-refractivity contribution in [3.8, 4) is 0 Å². The molecule has 0 aliphatic carbocycles. The molecule has 0 spiro atoms. The predicted octanol–water partition coefficient (Wildman–Crippen LogP) is 11.8. The van der Waals surface area contributed by atoms with Crippen LogP contribution >= 0.6 is 0 Å². The zero-order valence-corrected chi connectivity index (χ0v) is 32.1. The number of carbonyl (C=O) groups is 1. The number of hydrogen-bond donors (Lipinski definition) is 4. The van der Waals surface area contributed by atoms with Crippen LogP contribution in [-0.2, 0) is 4.79 Å². The summed E-state index contributed by atoms with van der Waals surface area (Å²) < 4.78 is 0. The first-order chi connectivity index (χ1) is 23.6. The molecule has 1 amide bonds. The topological polar surface area (TPSA) is 89.8 Å². The van der Waals surface area contributed by atoms with Gasteiger partial charge in [0.1, 0.15) is 6.10 Å². The Morgan fingerprint density at radius 1 is 0.500 bits per heavy atom. The average Bonchev–Trinajstić information content (AvgIpc) is 3.09. The van der Waals surface area contributed by atoms with E-state index in [1.807, 2.05) is 6.08 Å². The standard InChI is InChI=1S/C43H83NO4/c1-3-5-7-9-11-13-15-17-18-19-20-21-22-23-24-25-26-28-29-31-33-35-37-41(46)40(39-45)44-43(48)42(47)38-36-34-32-30-27-16-14-12-10-8-6-4-2/h28-29,35,37,40-42,45-47H,3-27,30-34,36,38-39H2,1-2H3,(H,44,48)/b29-28+,37-35+. The van der Waals surface area contributed by atoms with Gasteiger partial charge in [-0.3, -0.25) is 4.79 Å². The smallest absolute Gasteiger partial charge is 0.249 e. The fourth-order valence-electron chi connectivity index (χ4n) is 6.44. The van der Waals surface area contributed by atoms with Gasteiger partial charge < -0.3 is 20.6 Å². The number of rotatable bonds is 38. The van der Waals surface area contributed by atoms with Crippen molar-refractivity contribution in [2.75, 3.05) is 6.61 Å². The Bertz CT molecular complexity index is 709. The second kappa shape index (κ2) is 38.6. The van der Waals surface area contributed by atoms with Gasteiger partial charge in [0.2, 0.25) is 5.91 Å². The van der Waals surface area contributed by atoms with Crippen LogP contribution in [0.2, 0.25) is 0 Å². The van der Waals surface area contributed by atoms with E-state index in [9.17, 15) is 20.1 Å². The first-order valence-corrected chi connectivity index (χ1v) is 21.2. The number of unbranched alkanes of at least 4 members (excludes halogenated alkanes) is 28. The van der Waals surface area contributed by atoms with E-state index in [0.717, 1.165) is 38.5 Å². The van der Waals surface area contributed by atoms with Gasteiger partial charge in [0.15, 0.2) is 0 Å². The SMILES string of the molecule is CCCCCCCCCCCCCCCCCC/C=C/CC/C=C/C(O)C(CO)NC(=O)C(O)CCCCCCCCCCCCCC. The lowest BCUT2D eigenvalue weighted by atomic mass is 10.0. The van der Waals surface area contributed by atoms with Crippen molar-refractivity contribution in [1.29, 1.82) is 0 Å². The Morgan fingerprint density at radius 2 is 0.854 bits per heavy atom. The minimum Gasteiger partial charge on any atom is -0.394 e. The molecule has 0 aliphatic rings. The second-order valence-electron chi connectivity index (χ2n) is 14.6. The van der Waals surface area contributed by atoms with Crippen LogP contribution in [-0.4, -0.2) is 46.1 Å². The van der Waals surface area contributed by atoms with Gasteiger partial charge in [0.25, 0.3) is 0 Å². The fraction of sp³-hybridized carbons (Fsp3) is 0.884. The number of carbonyl (C=O) groups excluding carboxylic acids is 1. The van der Waals surface area contributed by atoms with Crippen molar-refractivity contribution in [2.24, 2.45) is 0 Å². The molecular weight excluding hydrogens is 594 g/mol. The van der Waals surface area contributed by atoms with Crippen LogP contribution in [0.4, 0.5) is 0 Å². The van der Waals surface area contributed by atoms with E-state index < -0.39 is 24.2 Å². The van der Waals surface area contributed by atoms with Crippen LogP contribution in [0, 0.1) is 0 Å². The Hall–Kier alpha value is -1.17. The van der Waals surface area contributed by atoms with Gasteiger partial charge in [-0.1, -0.05) is 212 Å². The Balaban J connectivity index is 3.69. The average molecular weight is 678 g/mol. The van der Waals surface area contributed by atoms with Gasteiger partial charge in [-0.2, -0.15) is 0 Å². The first kappa shape index (κ1) is 46.8. The van der Waals surface area contributed by atoms with E-state index in [1.165, 1.54) is 161 Å². The summed E-state index contributed by atoms with van der Waals surface area (Å²) in [4.78, 5) is 12.4. The van der Waals surface area contributed by atoms with Crippen LogP contribution in [0.15, 0.2) is 24.3 Å². The third-order valence-electron chi connectivity index (χ3n) is 9.79. The van der Waals surface area contributed by atoms with Gasteiger partial charge in [0, 0.05) is 0 Å². The molecule has 284 valence electrons. The summed E-state index contributed by atoms with van der Waals surface area (Å²) in [6, 6.07) is -0.809. The van der Waals surface area contributed by atoms with Gasteiger partial charge in [0.05, 0.1) is 18.8 Å². The maximum absolute atomic E-state index is 12.4. The third kappa shape index (κ3) is 33.3. The minimum atomic E-state index is -1.10. The minimum absolute atomic E-state index is 0.373. The molecule has 5 heteroatoms. The summed E-state index contributed by atoms with van der Waals surface area (Å²) in [5.41, 5.74) is 0. The number of amides is 1. The summed E-state index contributed by atoms with van der Waals surface area (Å²) in [6.07, 6.45) is 46.4. The van der Waals surface area contributed by atoms with Crippen molar-refractivity contribution in [1.82, 2.24) is 5.32 Å². The Kier molecular flexibility index (Phi) is 37.7. The summed E-state index contributed by atoms with van der Waals surface area (Å²) in [6.45, 7) is 4.16. The zero-order valence-electron chi connectivity index (χ0n) is 32.1. The number of aliphatic hydroxyl groups excluding tert-OH is 3. The molecule has 5 nitrogen and oxygen atoms in total. The number of hydrogen-bond acceptors (Lipinski definition) is 4. The molecule has 0 saturated heterocycles. The molecule has 0 aromatic carbocycles. The largest absolute Gasteiger partial charge is 0.394 e. The monoisotopic (exact) mass is 678 g/mol. The van der Waals surface area contributed by atoms with Crippen LogP contribution < -0.4 is 5.32 Å². The highest BCUT2D eigenvalue weighted by Crippen LogP contribution is 2.15. The molecule has 0 rings (SSSR count). The van der Waals surface area contributed by atoms with Crippen molar-refractivity contribution in [2.45, 2.75) is 238 Å². The summed E-state index contributed by atoms with van der Waals surface area (Å²) >= 11 is 0. The maximum atomic E-state index is 12.4. The quantitative estimate of drug-likeness (QED) is 0.0387. The summed E-state index contributed by atoms with van der Waals surface area (Å²) in [5, 5.41) is 33.0. The molecule has 0 aromatic heterocycles. The normalized spacial score (nSPS) is 13.9. The predicted molar refractivity (Wildman–Crippen MR) is 208 cm³/mol. The molecule has 48 heavy (non-hydrogen) atoms. The molecule has 3 atom stereocenters. The number of nitrogens with one attached hydrogen (secondary N) is 1. The molecule has 0 radical (unpaired) electrons. The van der Waals surface area contributed by atoms with E-state index >= 15 is 0 Å². The highest BCUT2D eigenvalue weighted by Gasteiger charge is 2.22. The Morgan fingerprint density at radius 3 is 1.27 bits per heavy atom.